The monoisotopic (exact) mass is 418 g/mol. The van der Waals surface area contributed by atoms with Crippen molar-refractivity contribution in [3.8, 4) is 0 Å². The van der Waals surface area contributed by atoms with E-state index in [4.69, 9.17) is 4.74 Å². The molecule has 5 nitrogen and oxygen atoms in total. The molecule has 1 N–H and O–H groups in total. The Bertz CT molecular complexity index is 946. The van der Waals surface area contributed by atoms with E-state index >= 15 is 0 Å². The van der Waals surface area contributed by atoms with E-state index in [1.807, 2.05) is 59.5 Å². The number of benzene rings is 2. The molecule has 2 fully saturated rings. The molecule has 1 saturated carbocycles. The van der Waals surface area contributed by atoms with Crippen LogP contribution in [-0.4, -0.2) is 36.6 Å². The number of rotatable bonds is 4. The van der Waals surface area contributed by atoms with Gasteiger partial charge in [-0.3, -0.25) is 9.59 Å². The quantitative estimate of drug-likeness (QED) is 0.799. The van der Waals surface area contributed by atoms with Crippen molar-refractivity contribution >= 4 is 17.5 Å². The standard InChI is InChI=1S/C26H30N2O3/c29-24(27-18-20-12-9-17-31-20)23-21-13-5-6-14-22(21)25(30)28(19-10-3-1-4-11-19)26(23)15-7-2-8-16-26/h1,3-6,10-11,13-14,20,23H,2,7-9,12,15-18H2,(H,27,29). The third-order valence-corrected chi connectivity index (χ3v) is 7.21. The van der Waals surface area contributed by atoms with Crippen molar-refractivity contribution in [1.82, 2.24) is 5.32 Å². The lowest BCUT2D eigenvalue weighted by molar-refractivity contribution is -0.125. The zero-order valence-corrected chi connectivity index (χ0v) is 17.9. The summed E-state index contributed by atoms with van der Waals surface area (Å²) in [5.74, 6) is -0.367. The van der Waals surface area contributed by atoms with Crippen molar-refractivity contribution in [3.63, 3.8) is 0 Å². The van der Waals surface area contributed by atoms with E-state index in [1.165, 1.54) is 0 Å². The fourth-order valence-corrected chi connectivity index (χ4v) is 5.82. The van der Waals surface area contributed by atoms with Crippen LogP contribution >= 0.6 is 0 Å². The van der Waals surface area contributed by atoms with Gasteiger partial charge < -0.3 is 15.0 Å². The fraction of sp³-hybridized carbons (Fsp3) is 0.462. The lowest BCUT2D eigenvalue weighted by Crippen LogP contribution is -2.63. The van der Waals surface area contributed by atoms with Crippen molar-refractivity contribution in [2.75, 3.05) is 18.1 Å². The topological polar surface area (TPSA) is 58.6 Å². The molecule has 5 heteroatoms. The van der Waals surface area contributed by atoms with Crippen LogP contribution < -0.4 is 10.2 Å². The van der Waals surface area contributed by atoms with Gasteiger partial charge in [-0.2, -0.15) is 0 Å². The lowest BCUT2D eigenvalue weighted by atomic mass is 9.65. The maximum absolute atomic E-state index is 13.8. The third kappa shape index (κ3) is 3.55. The fourth-order valence-electron chi connectivity index (χ4n) is 5.82. The molecule has 2 aromatic carbocycles. The van der Waals surface area contributed by atoms with Crippen LogP contribution in [0.4, 0.5) is 5.69 Å². The molecule has 3 aliphatic rings. The third-order valence-electron chi connectivity index (χ3n) is 7.21. The maximum atomic E-state index is 13.8. The van der Waals surface area contributed by atoms with Crippen LogP contribution in [0.2, 0.25) is 0 Å². The number of ether oxygens (including phenoxy) is 1. The predicted octanol–water partition coefficient (Wildman–Crippen LogP) is 4.43. The van der Waals surface area contributed by atoms with Crippen LogP contribution in [0.15, 0.2) is 54.6 Å². The molecule has 5 rings (SSSR count). The molecule has 1 aliphatic carbocycles. The molecule has 31 heavy (non-hydrogen) atoms. The second-order valence-corrected chi connectivity index (χ2v) is 9.04. The minimum absolute atomic E-state index is 0.00637. The highest BCUT2D eigenvalue weighted by molar-refractivity contribution is 6.12. The van der Waals surface area contributed by atoms with Gasteiger partial charge in [0.05, 0.1) is 17.6 Å². The molecule has 2 aliphatic heterocycles. The van der Waals surface area contributed by atoms with E-state index in [1.54, 1.807) is 0 Å². The number of hydrogen-bond donors (Lipinski definition) is 1. The predicted molar refractivity (Wildman–Crippen MR) is 120 cm³/mol. The summed E-state index contributed by atoms with van der Waals surface area (Å²) in [5, 5.41) is 3.19. The number of fused-ring (bicyclic) bond motifs is 1. The van der Waals surface area contributed by atoms with Gasteiger partial charge in [0.25, 0.3) is 5.91 Å². The lowest BCUT2D eigenvalue weighted by Gasteiger charge is -2.53. The molecule has 2 atom stereocenters. The smallest absolute Gasteiger partial charge is 0.259 e. The van der Waals surface area contributed by atoms with Crippen molar-refractivity contribution < 1.29 is 14.3 Å². The number of anilines is 1. The Balaban J connectivity index is 1.59. The Morgan fingerprint density at radius 1 is 1.00 bits per heavy atom. The summed E-state index contributed by atoms with van der Waals surface area (Å²) >= 11 is 0. The Kier molecular flexibility index (Phi) is 5.53. The number of carbonyl (C=O) groups excluding carboxylic acids is 2. The first-order chi connectivity index (χ1) is 15.2. The number of amides is 2. The zero-order chi connectivity index (χ0) is 21.3. The van der Waals surface area contributed by atoms with Crippen molar-refractivity contribution in [3.05, 3.63) is 65.7 Å². The SMILES string of the molecule is O=C(NCC1CCCO1)C1c2ccccc2C(=O)N(c2ccccc2)C12CCCCC2. The number of carbonyl (C=O) groups is 2. The van der Waals surface area contributed by atoms with E-state index < -0.39 is 5.54 Å². The first kappa shape index (κ1) is 20.3. The minimum Gasteiger partial charge on any atom is -0.376 e. The van der Waals surface area contributed by atoms with Crippen LogP contribution in [0.5, 0.6) is 0 Å². The molecule has 2 aromatic rings. The van der Waals surface area contributed by atoms with Gasteiger partial charge in [0, 0.05) is 24.4 Å². The van der Waals surface area contributed by atoms with Gasteiger partial charge in [-0.1, -0.05) is 55.7 Å². The highest BCUT2D eigenvalue weighted by atomic mass is 16.5. The van der Waals surface area contributed by atoms with Crippen LogP contribution in [0.1, 0.15) is 66.8 Å². The Morgan fingerprint density at radius 3 is 2.48 bits per heavy atom. The highest BCUT2D eigenvalue weighted by Crippen LogP contribution is 2.50. The molecule has 162 valence electrons. The molecule has 2 amide bonds. The zero-order valence-electron chi connectivity index (χ0n) is 17.9. The minimum atomic E-state index is -0.536. The van der Waals surface area contributed by atoms with Crippen LogP contribution in [0, 0.1) is 0 Å². The Labute approximate surface area is 183 Å². The van der Waals surface area contributed by atoms with Gasteiger partial charge >= 0.3 is 0 Å². The van der Waals surface area contributed by atoms with Gasteiger partial charge in [-0.15, -0.1) is 0 Å². The van der Waals surface area contributed by atoms with E-state index in [0.29, 0.717) is 12.1 Å². The Morgan fingerprint density at radius 2 is 1.74 bits per heavy atom. The molecule has 2 unspecified atom stereocenters. The van der Waals surface area contributed by atoms with Crippen molar-refractivity contribution in [2.45, 2.75) is 62.5 Å². The number of nitrogens with one attached hydrogen (secondary N) is 1. The molecule has 0 aromatic heterocycles. The van der Waals surface area contributed by atoms with Gasteiger partial charge in [-0.25, -0.2) is 0 Å². The van der Waals surface area contributed by atoms with E-state index in [9.17, 15) is 9.59 Å². The normalized spacial score (nSPS) is 24.8. The van der Waals surface area contributed by atoms with Gasteiger partial charge in [0.2, 0.25) is 5.91 Å². The summed E-state index contributed by atoms with van der Waals surface area (Å²) in [6.45, 7) is 1.31. The molecular formula is C26H30N2O3. The average Bonchev–Trinajstić information content (AvgIpc) is 3.33. The number of hydrogen-bond acceptors (Lipinski definition) is 3. The average molecular weight is 419 g/mol. The van der Waals surface area contributed by atoms with Crippen LogP contribution in [0.3, 0.4) is 0 Å². The maximum Gasteiger partial charge on any atom is 0.259 e. The first-order valence-corrected chi connectivity index (χ1v) is 11.6. The molecular weight excluding hydrogens is 388 g/mol. The van der Waals surface area contributed by atoms with Crippen LogP contribution in [-0.2, 0) is 9.53 Å². The Hall–Kier alpha value is -2.66. The summed E-state index contributed by atoms with van der Waals surface area (Å²) in [5.41, 5.74) is 1.85. The highest BCUT2D eigenvalue weighted by Gasteiger charge is 2.55. The summed E-state index contributed by atoms with van der Waals surface area (Å²) in [6.07, 6.45) is 6.98. The van der Waals surface area contributed by atoms with Crippen molar-refractivity contribution in [1.29, 1.82) is 0 Å². The number of para-hydroxylation sites is 1. The largest absolute Gasteiger partial charge is 0.376 e. The van der Waals surface area contributed by atoms with E-state index in [0.717, 1.165) is 62.8 Å². The van der Waals surface area contributed by atoms with Crippen LogP contribution in [0.25, 0.3) is 0 Å². The second kappa shape index (κ2) is 8.46. The van der Waals surface area contributed by atoms with E-state index in [-0.39, 0.29) is 23.8 Å². The van der Waals surface area contributed by atoms with Gasteiger partial charge in [0.15, 0.2) is 0 Å². The summed E-state index contributed by atoms with van der Waals surface area (Å²) in [6, 6.07) is 17.5. The molecule has 1 saturated heterocycles. The summed E-state index contributed by atoms with van der Waals surface area (Å²) < 4.78 is 5.73. The summed E-state index contributed by atoms with van der Waals surface area (Å²) in [4.78, 5) is 29.5. The second-order valence-electron chi connectivity index (χ2n) is 9.04. The summed E-state index contributed by atoms with van der Waals surface area (Å²) in [7, 11) is 0. The molecule has 1 spiro atoms. The molecule has 0 radical (unpaired) electrons. The van der Waals surface area contributed by atoms with Gasteiger partial charge in [0.1, 0.15) is 0 Å². The molecule has 0 bridgehead atoms. The first-order valence-electron chi connectivity index (χ1n) is 11.6. The van der Waals surface area contributed by atoms with Gasteiger partial charge in [-0.05, 0) is 49.4 Å². The van der Waals surface area contributed by atoms with E-state index in [2.05, 4.69) is 5.32 Å². The molecule has 2 heterocycles. The van der Waals surface area contributed by atoms with Crippen molar-refractivity contribution in [2.24, 2.45) is 0 Å². The number of nitrogens with zero attached hydrogens (tertiary/aromatic N) is 1.